The van der Waals surface area contributed by atoms with Crippen molar-refractivity contribution < 1.29 is 28.2 Å². The third kappa shape index (κ3) is 4.60. The van der Waals surface area contributed by atoms with E-state index in [0.717, 1.165) is 5.56 Å². The first-order valence-corrected chi connectivity index (χ1v) is 12.3. The molecule has 1 atom stereocenters. The zero-order chi connectivity index (χ0) is 25.3. The number of amides is 3. The molecule has 0 bridgehead atoms. The Kier molecular flexibility index (Phi) is 6.77. The monoisotopic (exact) mass is 495 g/mol. The molecule has 190 valence electrons. The molecule has 2 aromatic carbocycles. The molecular weight excluding hydrogens is 465 g/mol. The predicted octanol–water partition coefficient (Wildman–Crippen LogP) is 2.47. The van der Waals surface area contributed by atoms with Crippen LogP contribution in [-0.2, 0) is 14.3 Å². The fraction of sp³-hybridized carbons (Fsp3) is 0.444. The standard InChI is InChI=1S/C27H30FN3O5/c1-19-3-2-4-21(17-19)24(32)29-11-9-27(10-12-29)31(25(33)20-5-7-22(28)8-6-20)23(18-36-27)26(34)30-13-15-35-16-14-30/h2-8,17,23H,9-16,18H2,1H3/t23-/m0/s1. The lowest BCUT2D eigenvalue weighted by atomic mass is 9.95. The Hall–Kier alpha value is -3.30. The fourth-order valence-corrected chi connectivity index (χ4v) is 5.30. The lowest BCUT2D eigenvalue weighted by Crippen LogP contribution is -2.60. The molecule has 0 N–H and O–H groups in total. The summed E-state index contributed by atoms with van der Waals surface area (Å²) in [4.78, 5) is 45.4. The van der Waals surface area contributed by atoms with E-state index in [0.29, 0.717) is 63.4 Å². The first-order valence-electron chi connectivity index (χ1n) is 12.3. The smallest absolute Gasteiger partial charge is 0.256 e. The minimum absolute atomic E-state index is 0.0658. The first kappa shape index (κ1) is 24.4. The second-order valence-electron chi connectivity index (χ2n) is 9.55. The van der Waals surface area contributed by atoms with Crippen molar-refractivity contribution in [1.82, 2.24) is 14.7 Å². The van der Waals surface area contributed by atoms with E-state index in [4.69, 9.17) is 9.47 Å². The second-order valence-corrected chi connectivity index (χ2v) is 9.55. The van der Waals surface area contributed by atoms with E-state index >= 15 is 0 Å². The highest BCUT2D eigenvalue weighted by atomic mass is 19.1. The van der Waals surface area contributed by atoms with Crippen molar-refractivity contribution in [2.75, 3.05) is 46.0 Å². The molecule has 8 nitrogen and oxygen atoms in total. The summed E-state index contributed by atoms with van der Waals surface area (Å²) in [6.07, 6.45) is 0.759. The van der Waals surface area contributed by atoms with Gasteiger partial charge in [-0.15, -0.1) is 0 Å². The molecule has 0 unspecified atom stereocenters. The van der Waals surface area contributed by atoms with E-state index in [1.807, 2.05) is 25.1 Å². The maximum atomic E-state index is 13.8. The number of carbonyl (C=O) groups is 3. The van der Waals surface area contributed by atoms with Crippen molar-refractivity contribution in [2.45, 2.75) is 31.5 Å². The molecule has 3 saturated heterocycles. The van der Waals surface area contributed by atoms with Crippen molar-refractivity contribution in [1.29, 1.82) is 0 Å². The van der Waals surface area contributed by atoms with E-state index in [2.05, 4.69) is 0 Å². The third-order valence-electron chi connectivity index (χ3n) is 7.28. The number of carbonyl (C=O) groups excluding carboxylic acids is 3. The van der Waals surface area contributed by atoms with Gasteiger partial charge >= 0.3 is 0 Å². The highest BCUT2D eigenvalue weighted by molar-refractivity contribution is 5.98. The topological polar surface area (TPSA) is 79.4 Å². The van der Waals surface area contributed by atoms with Crippen LogP contribution in [0.5, 0.6) is 0 Å². The number of piperidine rings is 1. The molecule has 1 spiro atoms. The summed E-state index contributed by atoms with van der Waals surface area (Å²) in [6, 6.07) is 12.0. The molecule has 3 fully saturated rings. The average molecular weight is 496 g/mol. The van der Waals surface area contributed by atoms with Crippen LogP contribution < -0.4 is 0 Å². The Morgan fingerprint density at radius 1 is 0.889 bits per heavy atom. The quantitative estimate of drug-likeness (QED) is 0.654. The molecule has 0 aliphatic carbocycles. The van der Waals surface area contributed by atoms with Gasteiger partial charge in [0.1, 0.15) is 17.6 Å². The van der Waals surface area contributed by atoms with Gasteiger partial charge in [-0.05, 0) is 43.3 Å². The number of hydrogen-bond acceptors (Lipinski definition) is 5. The summed E-state index contributed by atoms with van der Waals surface area (Å²) in [7, 11) is 0. The molecule has 0 radical (unpaired) electrons. The van der Waals surface area contributed by atoms with Crippen LogP contribution in [0.2, 0.25) is 0 Å². The largest absolute Gasteiger partial charge is 0.378 e. The molecule has 0 aromatic heterocycles. The van der Waals surface area contributed by atoms with Gasteiger partial charge in [-0.25, -0.2) is 4.39 Å². The maximum absolute atomic E-state index is 13.8. The van der Waals surface area contributed by atoms with Gasteiger partial charge in [0, 0.05) is 50.1 Å². The van der Waals surface area contributed by atoms with Crippen LogP contribution in [0.15, 0.2) is 48.5 Å². The van der Waals surface area contributed by atoms with Gasteiger partial charge in [0.2, 0.25) is 5.91 Å². The van der Waals surface area contributed by atoms with Gasteiger partial charge in [0.05, 0.1) is 19.8 Å². The van der Waals surface area contributed by atoms with E-state index in [1.54, 1.807) is 20.8 Å². The number of halogens is 1. The summed E-state index contributed by atoms with van der Waals surface area (Å²) in [5.74, 6) is -1.06. The number of likely N-dealkylation sites (tertiary alicyclic amines) is 1. The zero-order valence-electron chi connectivity index (χ0n) is 20.3. The van der Waals surface area contributed by atoms with E-state index in [-0.39, 0.29) is 24.3 Å². The summed E-state index contributed by atoms with van der Waals surface area (Å²) in [5, 5.41) is 0. The summed E-state index contributed by atoms with van der Waals surface area (Å²) in [5.41, 5.74) is 0.910. The van der Waals surface area contributed by atoms with Crippen molar-refractivity contribution >= 4 is 17.7 Å². The normalized spacial score (nSPS) is 21.6. The molecule has 5 rings (SSSR count). The molecule has 2 aromatic rings. The average Bonchev–Trinajstić information content (AvgIpc) is 3.27. The number of nitrogens with zero attached hydrogens (tertiary/aromatic N) is 3. The van der Waals surface area contributed by atoms with Crippen molar-refractivity contribution in [3.63, 3.8) is 0 Å². The fourth-order valence-electron chi connectivity index (χ4n) is 5.30. The lowest BCUT2D eigenvalue weighted by Gasteiger charge is -2.45. The summed E-state index contributed by atoms with van der Waals surface area (Å²) < 4.78 is 25.2. The van der Waals surface area contributed by atoms with Gasteiger partial charge in [-0.1, -0.05) is 17.7 Å². The highest BCUT2D eigenvalue weighted by Crippen LogP contribution is 2.39. The highest BCUT2D eigenvalue weighted by Gasteiger charge is 2.55. The summed E-state index contributed by atoms with van der Waals surface area (Å²) in [6.45, 7) is 4.61. The molecule has 3 heterocycles. The number of hydrogen-bond donors (Lipinski definition) is 0. The minimum atomic E-state index is -1.01. The van der Waals surface area contributed by atoms with Gasteiger partial charge in [-0.3, -0.25) is 19.3 Å². The summed E-state index contributed by atoms with van der Waals surface area (Å²) >= 11 is 0. The van der Waals surface area contributed by atoms with Crippen molar-refractivity contribution in [2.24, 2.45) is 0 Å². The molecule has 3 aliphatic rings. The maximum Gasteiger partial charge on any atom is 0.256 e. The number of aryl methyl sites for hydroxylation is 1. The Morgan fingerprint density at radius 2 is 1.58 bits per heavy atom. The molecule has 3 aliphatic heterocycles. The number of rotatable bonds is 3. The number of ether oxygens (including phenoxy) is 2. The number of benzene rings is 2. The van der Waals surface area contributed by atoms with Gasteiger partial charge in [-0.2, -0.15) is 0 Å². The van der Waals surface area contributed by atoms with Crippen LogP contribution in [0.25, 0.3) is 0 Å². The van der Waals surface area contributed by atoms with Crippen LogP contribution in [0, 0.1) is 12.7 Å². The van der Waals surface area contributed by atoms with E-state index in [1.165, 1.54) is 24.3 Å². The van der Waals surface area contributed by atoms with Crippen molar-refractivity contribution in [3.8, 4) is 0 Å². The Balaban J connectivity index is 1.39. The first-order chi connectivity index (χ1) is 17.4. The van der Waals surface area contributed by atoms with Crippen LogP contribution in [0.4, 0.5) is 4.39 Å². The van der Waals surface area contributed by atoms with Gasteiger partial charge in [0.15, 0.2) is 0 Å². The number of morpholine rings is 1. The SMILES string of the molecule is Cc1cccc(C(=O)N2CCC3(CC2)OC[C@@H](C(=O)N2CCOCC2)N3C(=O)c2ccc(F)cc2)c1. The molecule has 36 heavy (non-hydrogen) atoms. The van der Waals surface area contributed by atoms with E-state index in [9.17, 15) is 18.8 Å². The predicted molar refractivity (Wildman–Crippen MR) is 129 cm³/mol. The van der Waals surface area contributed by atoms with Crippen LogP contribution in [-0.4, -0.2) is 90.2 Å². The van der Waals surface area contributed by atoms with Crippen LogP contribution in [0.1, 0.15) is 39.1 Å². The lowest BCUT2D eigenvalue weighted by molar-refractivity contribution is -0.141. The van der Waals surface area contributed by atoms with E-state index < -0.39 is 17.6 Å². The van der Waals surface area contributed by atoms with Crippen LogP contribution in [0.3, 0.4) is 0 Å². The molecule has 9 heteroatoms. The Bertz CT molecular complexity index is 1140. The molecule has 3 amide bonds. The minimum Gasteiger partial charge on any atom is -0.378 e. The van der Waals surface area contributed by atoms with Crippen molar-refractivity contribution in [3.05, 3.63) is 71.0 Å². The Morgan fingerprint density at radius 3 is 2.25 bits per heavy atom. The molecular formula is C27H30FN3O5. The zero-order valence-corrected chi connectivity index (χ0v) is 20.3. The second kappa shape index (κ2) is 9.99. The Labute approximate surface area is 209 Å². The van der Waals surface area contributed by atoms with Crippen LogP contribution >= 0.6 is 0 Å². The van der Waals surface area contributed by atoms with Gasteiger partial charge < -0.3 is 19.3 Å². The third-order valence-corrected chi connectivity index (χ3v) is 7.28. The van der Waals surface area contributed by atoms with Gasteiger partial charge in [0.25, 0.3) is 11.8 Å². The molecule has 0 saturated carbocycles.